The highest BCUT2D eigenvalue weighted by molar-refractivity contribution is 4.91. The molecule has 2 rings (SSSR count). The zero-order chi connectivity index (χ0) is 9.42. The minimum absolute atomic E-state index is 0.830. The largest absolute Gasteiger partial charge is 0.306 e. The van der Waals surface area contributed by atoms with Gasteiger partial charge in [0.2, 0.25) is 0 Å². The molecule has 0 radical (unpaired) electrons. The van der Waals surface area contributed by atoms with Crippen LogP contribution >= 0.6 is 0 Å². The molecule has 2 heterocycles. The van der Waals surface area contributed by atoms with Crippen molar-refractivity contribution >= 4 is 0 Å². The Bertz CT molecular complexity index is 165. The SMILES string of the molecule is CC(C)CN1CC2CN(C)C[C@H]2C1. The van der Waals surface area contributed by atoms with Crippen molar-refractivity contribution in [2.45, 2.75) is 13.8 Å². The molecule has 2 heteroatoms. The molecule has 2 aliphatic rings. The number of likely N-dealkylation sites (tertiary alicyclic amines) is 2. The van der Waals surface area contributed by atoms with E-state index < -0.39 is 0 Å². The maximum atomic E-state index is 2.66. The molecule has 0 spiro atoms. The van der Waals surface area contributed by atoms with Crippen LogP contribution in [-0.4, -0.2) is 49.6 Å². The van der Waals surface area contributed by atoms with Crippen LogP contribution in [0.5, 0.6) is 0 Å². The van der Waals surface area contributed by atoms with Crippen LogP contribution in [0, 0.1) is 17.8 Å². The lowest BCUT2D eigenvalue weighted by Gasteiger charge is -2.20. The standard InChI is InChI=1S/C11H22N2/c1-9(2)4-13-7-10-5-12(3)6-11(10)8-13/h9-11H,4-8H2,1-3H3/t10-,11?/m0/s1. The average molecular weight is 182 g/mol. The molecule has 0 aliphatic carbocycles. The summed E-state index contributed by atoms with van der Waals surface area (Å²) in [6.07, 6.45) is 0. The molecule has 76 valence electrons. The predicted octanol–water partition coefficient (Wildman–Crippen LogP) is 1.14. The first-order valence-electron chi connectivity index (χ1n) is 5.56. The van der Waals surface area contributed by atoms with E-state index in [1.165, 1.54) is 32.7 Å². The van der Waals surface area contributed by atoms with Crippen LogP contribution in [0.15, 0.2) is 0 Å². The maximum Gasteiger partial charge on any atom is 0.00257 e. The first-order valence-corrected chi connectivity index (χ1v) is 5.56. The third-order valence-corrected chi connectivity index (χ3v) is 3.37. The lowest BCUT2D eigenvalue weighted by molar-refractivity contribution is 0.254. The molecular weight excluding hydrogens is 160 g/mol. The van der Waals surface area contributed by atoms with Crippen molar-refractivity contribution < 1.29 is 0 Å². The van der Waals surface area contributed by atoms with Crippen molar-refractivity contribution in [2.75, 3.05) is 39.8 Å². The van der Waals surface area contributed by atoms with Crippen molar-refractivity contribution in [2.24, 2.45) is 17.8 Å². The fourth-order valence-electron chi connectivity index (χ4n) is 2.99. The molecule has 1 unspecified atom stereocenters. The van der Waals surface area contributed by atoms with E-state index in [9.17, 15) is 0 Å². The molecule has 2 aliphatic heterocycles. The maximum absolute atomic E-state index is 2.66. The second-order valence-electron chi connectivity index (χ2n) is 5.35. The van der Waals surface area contributed by atoms with E-state index in [2.05, 4.69) is 30.7 Å². The molecule has 0 bridgehead atoms. The van der Waals surface area contributed by atoms with Crippen molar-refractivity contribution in [3.05, 3.63) is 0 Å². The summed E-state index contributed by atoms with van der Waals surface area (Å²) < 4.78 is 0. The summed E-state index contributed by atoms with van der Waals surface area (Å²) in [5.74, 6) is 2.78. The van der Waals surface area contributed by atoms with Gasteiger partial charge in [-0.25, -0.2) is 0 Å². The molecule has 0 aromatic rings. The Morgan fingerprint density at radius 2 is 1.62 bits per heavy atom. The quantitative estimate of drug-likeness (QED) is 0.632. The summed E-state index contributed by atoms with van der Waals surface area (Å²) in [6, 6.07) is 0. The van der Waals surface area contributed by atoms with Gasteiger partial charge in [0.1, 0.15) is 0 Å². The monoisotopic (exact) mass is 182 g/mol. The van der Waals surface area contributed by atoms with Crippen LogP contribution in [0.2, 0.25) is 0 Å². The molecule has 2 saturated heterocycles. The summed E-state index contributed by atoms with van der Waals surface area (Å²) in [4.78, 5) is 5.15. The highest BCUT2D eigenvalue weighted by atomic mass is 15.2. The third-order valence-electron chi connectivity index (χ3n) is 3.37. The minimum Gasteiger partial charge on any atom is -0.306 e. The molecule has 0 aromatic carbocycles. The second kappa shape index (κ2) is 3.58. The zero-order valence-electron chi connectivity index (χ0n) is 9.16. The topological polar surface area (TPSA) is 6.48 Å². The lowest BCUT2D eigenvalue weighted by atomic mass is 10.0. The molecule has 13 heavy (non-hydrogen) atoms. The summed E-state index contributed by atoms with van der Waals surface area (Å²) >= 11 is 0. The molecule has 0 N–H and O–H groups in total. The summed E-state index contributed by atoms with van der Waals surface area (Å²) in [7, 11) is 2.26. The minimum atomic E-state index is 0.830. The molecule has 2 nitrogen and oxygen atoms in total. The highest BCUT2D eigenvalue weighted by Crippen LogP contribution is 2.30. The first-order chi connectivity index (χ1) is 6.15. The molecular formula is C11H22N2. The molecule has 0 amide bonds. The van der Waals surface area contributed by atoms with Gasteiger partial charge in [-0.2, -0.15) is 0 Å². The van der Waals surface area contributed by atoms with Crippen LogP contribution < -0.4 is 0 Å². The summed E-state index contributed by atoms with van der Waals surface area (Å²) in [6.45, 7) is 11.3. The summed E-state index contributed by atoms with van der Waals surface area (Å²) in [5, 5.41) is 0. The third kappa shape index (κ3) is 2.05. The van der Waals surface area contributed by atoms with Gasteiger partial charge in [0.05, 0.1) is 0 Å². The Kier molecular flexibility index (Phi) is 2.61. The van der Waals surface area contributed by atoms with Crippen LogP contribution in [0.1, 0.15) is 13.8 Å². The normalized spacial score (nSPS) is 36.0. The van der Waals surface area contributed by atoms with Crippen LogP contribution in [0.25, 0.3) is 0 Å². The van der Waals surface area contributed by atoms with Crippen molar-refractivity contribution in [3.8, 4) is 0 Å². The zero-order valence-corrected chi connectivity index (χ0v) is 9.16. The van der Waals surface area contributed by atoms with Crippen LogP contribution in [0.3, 0.4) is 0 Å². The van der Waals surface area contributed by atoms with Crippen LogP contribution in [-0.2, 0) is 0 Å². The molecule has 0 saturated carbocycles. The Morgan fingerprint density at radius 1 is 1.08 bits per heavy atom. The highest BCUT2D eigenvalue weighted by Gasteiger charge is 2.38. The van der Waals surface area contributed by atoms with Gasteiger partial charge in [0, 0.05) is 32.7 Å². The molecule has 2 fully saturated rings. The van der Waals surface area contributed by atoms with Gasteiger partial charge in [0.15, 0.2) is 0 Å². The van der Waals surface area contributed by atoms with E-state index in [1.807, 2.05) is 0 Å². The fraction of sp³-hybridized carbons (Fsp3) is 1.00. The Balaban J connectivity index is 1.83. The van der Waals surface area contributed by atoms with E-state index in [0.717, 1.165) is 17.8 Å². The Morgan fingerprint density at radius 3 is 2.08 bits per heavy atom. The Labute approximate surface area is 81.9 Å². The average Bonchev–Trinajstić information content (AvgIpc) is 2.41. The van der Waals surface area contributed by atoms with E-state index in [1.54, 1.807) is 0 Å². The predicted molar refractivity (Wildman–Crippen MR) is 55.8 cm³/mol. The second-order valence-corrected chi connectivity index (χ2v) is 5.35. The molecule has 2 atom stereocenters. The number of rotatable bonds is 2. The number of fused-ring (bicyclic) bond motifs is 1. The number of hydrogen-bond acceptors (Lipinski definition) is 2. The van der Waals surface area contributed by atoms with Gasteiger partial charge in [-0.3, -0.25) is 0 Å². The van der Waals surface area contributed by atoms with Crippen molar-refractivity contribution in [1.82, 2.24) is 9.80 Å². The van der Waals surface area contributed by atoms with Gasteiger partial charge in [-0.15, -0.1) is 0 Å². The van der Waals surface area contributed by atoms with E-state index in [-0.39, 0.29) is 0 Å². The van der Waals surface area contributed by atoms with Crippen molar-refractivity contribution in [3.63, 3.8) is 0 Å². The van der Waals surface area contributed by atoms with Gasteiger partial charge in [-0.05, 0) is 24.8 Å². The fourth-order valence-corrected chi connectivity index (χ4v) is 2.99. The van der Waals surface area contributed by atoms with Crippen LogP contribution in [0.4, 0.5) is 0 Å². The van der Waals surface area contributed by atoms with Gasteiger partial charge >= 0.3 is 0 Å². The van der Waals surface area contributed by atoms with Gasteiger partial charge < -0.3 is 9.80 Å². The smallest absolute Gasteiger partial charge is 0.00257 e. The first kappa shape index (κ1) is 9.47. The van der Waals surface area contributed by atoms with Gasteiger partial charge in [-0.1, -0.05) is 13.8 Å². The van der Waals surface area contributed by atoms with E-state index >= 15 is 0 Å². The lowest BCUT2D eigenvalue weighted by Crippen LogP contribution is -2.29. The molecule has 0 aromatic heterocycles. The number of hydrogen-bond donors (Lipinski definition) is 0. The van der Waals surface area contributed by atoms with Crippen molar-refractivity contribution in [1.29, 1.82) is 0 Å². The van der Waals surface area contributed by atoms with E-state index in [0.29, 0.717) is 0 Å². The Hall–Kier alpha value is -0.0800. The van der Waals surface area contributed by atoms with Gasteiger partial charge in [0.25, 0.3) is 0 Å². The number of nitrogens with zero attached hydrogens (tertiary/aromatic N) is 2. The summed E-state index contributed by atoms with van der Waals surface area (Å²) in [5.41, 5.74) is 0. The van der Waals surface area contributed by atoms with E-state index in [4.69, 9.17) is 0 Å².